The second kappa shape index (κ2) is 5.96. The van der Waals surface area contributed by atoms with E-state index in [1.54, 1.807) is 6.07 Å². The third-order valence-corrected chi connectivity index (χ3v) is 6.13. The number of benzene rings is 1. The number of aromatic nitrogens is 1. The normalized spacial score (nSPS) is 19.9. The maximum absolute atomic E-state index is 14.0. The van der Waals surface area contributed by atoms with Crippen molar-refractivity contribution in [3.63, 3.8) is 0 Å². The summed E-state index contributed by atoms with van der Waals surface area (Å²) < 4.78 is 16.3. The van der Waals surface area contributed by atoms with Crippen LogP contribution in [0, 0.1) is 19.7 Å². The minimum atomic E-state index is -0.191. The zero-order valence-corrected chi connectivity index (χ0v) is 14.8. The average Bonchev–Trinajstić information content (AvgIpc) is 3.34. The smallest absolute Gasteiger partial charge is 0.253 e. The fourth-order valence-electron chi connectivity index (χ4n) is 3.67. The van der Waals surface area contributed by atoms with Crippen LogP contribution >= 0.6 is 11.8 Å². The Kier molecular flexibility index (Phi) is 3.91. The minimum Gasteiger partial charge on any atom is -0.345 e. The van der Waals surface area contributed by atoms with Gasteiger partial charge in [-0.05, 0) is 50.8 Å². The lowest BCUT2D eigenvalue weighted by molar-refractivity contribution is 0.0934. The monoisotopic (exact) mass is 344 g/mol. The standard InChI is InChI=1S/C19H21FN2OS/c1-11-10-15(12(2)22(11)13-6-7-13)19(23)21-17-8-9-24-18-14(17)4-3-5-16(18)20/h3-5,10,13,17H,6-9H2,1-2H3,(H,21,23)/t17-/m0/s1. The van der Waals surface area contributed by atoms with Crippen molar-refractivity contribution in [1.29, 1.82) is 0 Å². The maximum Gasteiger partial charge on any atom is 0.253 e. The zero-order chi connectivity index (χ0) is 16.8. The Morgan fingerprint density at radius 1 is 1.29 bits per heavy atom. The molecule has 1 N–H and O–H groups in total. The van der Waals surface area contributed by atoms with E-state index in [0.717, 1.165) is 34.7 Å². The molecule has 2 aromatic rings. The average molecular weight is 344 g/mol. The molecule has 1 aliphatic heterocycles. The van der Waals surface area contributed by atoms with Gasteiger partial charge in [-0.2, -0.15) is 0 Å². The summed E-state index contributed by atoms with van der Waals surface area (Å²) in [5.41, 5.74) is 3.83. The van der Waals surface area contributed by atoms with Gasteiger partial charge < -0.3 is 9.88 Å². The molecule has 5 heteroatoms. The molecule has 1 amide bonds. The summed E-state index contributed by atoms with van der Waals surface area (Å²) in [6.07, 6.45) is 3.22. The largest absolute Gasteiger partial charge is 0.345 e. The van der Waals surface area contributed by atoms with Gasteiger partial charge in [-0.3, -0.25) is 4.79 Å². The summed E-state index contributed by atoms with van der Waals surface area (Å²) in [5, 5.41) is 3.13. The van der Waals surface area contributed by atoms with E-state index < -0.39 is 0 Å². The molecule has 1 atom stereocenters. The number of rotatable bonds is 3. The topological polar surface area (TPSA) is 34.0 Å². The van der Waals surface area contributed by atoms with Gasteiger partial charge in [0, 0.05) is 28.1 Å². The van der Waals surface area contributed by atoms with Gasteiger partial charge in [0.1, 0.15) is 5.82 Å². The van der Waals surface area contributed by atoms with Crippen LogP contribution in [0.2, 0.25) is 0 Å². The summed E-state index contributed by atoms with van der Waals surface area (Å²) in [5.74, 6) is 0.574. The van der Waals surface area contributed by atoms with Crippen LogP contribution < -0.4 is 5.32 Å². The van der Waals surface area contributed by atoms with Crippen molar-refractivity contribution in [2.45, 2.75) is 50.1 Å². The summed E-state index contributed by atoms with van der Waals surface area (Å²) in [6.45, 7) is 4.08. The van der Waals surface area contributed by atoms with Crippen LogP contribution in [0.3, 0.4) is 0 Å². The van der Waals surface area contributed by atoms with Gasteiger partial charge in [-0.15, -0.1) is 11.8 Å². The Morgan fingerprint density at radius 3 is 2.83 bits per heavy atom. The Hall–Kier alpha value is -1.75. The molecule has 1 aromatic carbocycles. The van der Waals surface area contributed by atoms with Crippen LogP contribution in [0.1, 0.15) is 58.7 Å². The summed E-state index contributed by atoms with van der Waals surface area (Å²) in [6, 6.07) is 7.55. The molecule has 1 fully saturated rings. The molecule has 1 saturated carbocycles. The van der Waals surface area contributed by atoms with Crippen LogP contribution in [-0.2, 0) is 0 Å². The molecule has 0 saturated heterocycles. The van der Waals surface area contributed by atoms with E-state index >= 15 is 0 Å². The zero-order valence-electron chi connectivity index (χ0n) is 13.9. The van der Waals surface area contributed by atoms with E-state index in [0.29, 0.717) is 10.9 Å². The van der Waals surface area contributed by atoms with Crippen molar-refractivity contribution in [3.8, 4) is 0 Å². The van der Waals surface area contributed by atoms with Crippen LogP contribution in [0.15, 0.2) is 29.2 Å². The van der Waals surface area contributed by atoms with Gasteiger partial charge in [-0.1, -0.05) is 12.1 Å². The molecule has 0 spiro atoms. The lowest BCUT2D eigenvalue weighted by Gasteiger charge is -2.26. The Morgan fingerprint density at radius 2 is 2.08 bits per heavy atom. The number of hydrogen-bond acceptors (Lipinski definition) is 2. The van der Waals surface area contributed by atoms with E-state index in [4.69, 9.17) is 0 Å². The third-order valence-electron chi connectivity index (χ3n) is 4.97. The molecule has 0 unspecified atom stereocenters. The first-order valence-corrected chi connectivity index (χ1v) is 9.45. The second-order valence-electron chi connectivity index (χ2n) is 6.71. The summed E-state index contributed by atoms with van der Waals surface area (Å²) in [4.78, 5) is 13.5. The number of nitrogens with zero attached hydrogens (tertiary/aromatic N) is 1. The number of fused-ring (bicyclic) bond motifs is 1. The van der Waals surface area contributed by atoms with Gasteiger partial charge in [0.2, 0.25) is 0 Å². The number of nitrogens with one attached hydrogen (secondary N) is 1. The number of hydrogen-bond donors (Lipinski definition) is 1. The first kappa shape index (κ1) is 15.8. The second-order valence-corrected chi connectivity index (χ2v) is 7.81. The Bertz CT molecular complexity index is 810. The Balaban J connectivity index is 1.60. The first-order chi connectivity index (χ1) is 11.6. The highest BCUT2D eigenvalue weighted by Gasteiger charge is 2.30. The van der Waals surface area contributed by atoms with E-state index in [2.05, 4.69) is 16.8 Å². The van der Waals surface area contributed by atoms with Crippen LogP contribution in [0.4, 0.5) is 4.39 Å². The molecule has 2 aliphatic rings. The van der Waals surface area contributed by atoms with Crippen LogP contribution in [-0.4, -0.2) is 16.2 Å². The highest BCUT2D eigenvalue weighted by atomic mass is 32.2. The predicted octanol–water partition coefficient (Wildman–Crippen LogP) is 4.55. The molecule has 1 aromatic heterocycles. The van der Waals surface area contributed by atoms with E-state index in [-0.39, 0.29) is 17.8 Å². The predicted molar refractivity (Wildman–Crippen MR) is 94.1 cm³/mol. The fourth-order valence-corrected chi connectivity index (χ4v) is 4.81. The third kappa shape index (κ3) is 2.65. The molecule has 126 valence electrons. The van der Waals surface area contributed by atoms with Gasteiger partial charge in [0.05, 0.1) is 11.6 Å². The summed E-state index contributed by atoms with van der Waals surface area (Å²) in [7, 11) is 0. The molecule has 1 aliphatic carbocycles. The number of aryl methyl sites for hydroxylation is 1. The number of amides is 1. The highest BCUT2D eigenvalue weighted by molar-refractivity contribution is 7.99. The van der Waals surface area contributed by atoms with E-state index in [9.17, 15) is 9.18 Å². The fraction of sp³-hybridized carbons (Fsp3) is 0.421. The molecule has 0 bridgehead atoms. The molecular formula is C19H21FN2OS. The van der Waals surface area contributed by atoms with Crippen molar-refractivity contribution in [2.75, 3.05) is 5.75 Å². The van der Waals surface area contributed by atoms with E-state index in [1.165, 1.54) is 30.7 Å². The van der Waals surface area contributed by atoms with E-state index in [1.807, 2.05) is 19.1 Å². The molecule has 0 radical (unpaired) electrons. The van der Waals surface area contributed by atoms with Gasteiger partial charge in [0.15, 0.2) is 0 Å². The summed E-state index contributed by atoms with van der Waals surface area (Å²) >= 11 is 1.53. The number of carbonyl (C=O) groups is 1. The van der Waals surface area contributed by atoms with Gasteiger partial charge >= 0.3 is 0 Å². The number of halogens is 1. The van der Waals surface area contributed by atoms with Gasteiger partial charge in [-0.25, -0.2) is 4.39 Å². The molecule has 4 rings (SSSR count). The first-order valence-electron chi connectivity index (χ1n) is 8.46. The SMILES string of the molecule is Cc1cc(C(=O)N[C@H]2CCSc3c(F)cccc32)c(C)n1C1CC1. The van der Waals surface area contributed by atoms with Crippen molar-refractivity contribution in [2.24, 2.45) is 0 Å². The lowest BCUT2D eigenvalue weighted by atomic mass is 10.0. The van der Waals surface area contributed by atoms with Crippen molar-refractivity contribution in [1.82, 2.24) is 9.88 Å². The quantitative estimate of drug-likeness (QED) is 0.886. The molecule has 24 heavy (non-hydrogen) atoms. The van der Waals surface area contributed by atoms with Crippen LogP contribution in [0.5, 0.6) is 0 Å². The number of carbonyl (C=O) groups excluding carboxylic acids is 1. The molecular weight excluding hydrogens is 323 g/mol. The van der Waals surface area contributed by atoms with Crippen molar-refractivity contribution in [3.05, 3.63) is 52.6 Å². The maximum atomic E-state index is 14.0. The minimum absolute atomic E-state index is 0.0536. The Labute approximate surface area is 145 Å². The van der Waals surface area contributed by atoms with Crippen molar-refractivity contribution >= 4 is 17.7 Å². The molecule has 3 nitrogen and oxygen atoms in total. The van der Waals surface area contributed by atoms with Gasteiger partial charge in [0.25, 0.3) is 5.91 Å². The lowest BCUT2D eigenvalue weighted by Crippen LogP contribution is -2.31. The molecule has 2 heterocycles. The highest BCUT2D eigenvalue weighted by Crippen LogP contribution is 2.39. The van der Waals surface area contributed by atoms with Crippen molar-refractivity contribution < 1.29 is 9.18 Å². The van der Waals surface area contributed by atoms with Crippen LogP contribution in [0.25, 0.3) is 0 Å². The number of thioether (sulfide) groups is 1.